The molecule has 1 heterocycles. The standard InChI is InChI=1S/C21H29F3N4O2/c1-28(2)19(29)13-25-20(26-15-7-5-6-14(12-15)21(22,23)24)27-17-10-11-30-18-9-4-3-8-16(17)18/h3-4,8-9,14-15,17H,5-7,10-13H2,1-2H3,(H2,25,26,27). The summed E-state index contributed by atoms with van der Waals surface area (Å²) < 4.78 is 45.3. The quantitative estimate of drug-likeness (QED) is 0.573. The number of carbonyl (C=O) groups excluding carboxylic acids is 1. The minimum Gasteiger partial charge on any atom is -0.493 e. The van der Waals surface area contributed by atoms with Crippen molar-refractivity contribution in [1.82, 2.24) is 15.5 Å². The van der Waals surface area contributed by atoms with Crippen LogP contribution in [-0.2, 0) is 4.79 Å². The molecule has 1 saturated carbocycles. The van der Waals surface area contributed by atoms with Gasteiger partial charge in [-0.25, -0.2) is 4.99 Å². The molecule has 3 atom stereocenters. The predicted molar refractivity (Wildman–Crippen MR) is 108 cm³/mol. The maximum atomic E-state index is 13.2. The first-order chi connectivity index (χ1) is 14.2. The van der Waals surface area contributed by atoms with Gasteiger partial charge in [-0.15, -0.1) is 0 Å². The van der Waals surface area contributed by atoms with E-state index in [1.54, 1.807) is 14.1 Å². The Labute approximate surface area is 174 Å². The molecule has 6 nitrogen and oxygen atoms in total. The molecule has 1 aliphatic heterocycles. The van der Waals surface area contributed by atoms with Gasteiger partial charge in [0, 0.05) is 32.1 Å². The maximum Gasteiger partial charge on any atom is 0.391 e. The van der Waals surface area contributed by atoms with Crippen LogP contribution < -0.4 is 15.4 Å². The van der Waals surface area contributed by atoms with Gasteiger partial charge < -0.3 is 20.3 Å². The van der Waals surface area contributed by atoms with E-state index in [1.807, 2.05) is 24.3 Å². The average molecular weight is 426 g/mol. The monoisotopic (exact) mass is 426 g/mol. The highest BCUT2D eigenvalue weighted by Gasteiger charge is 2.42. The fourth-order valence-corrected chi connectivity index (χ4v) is 3.89. The van der Waals surface area contributed by atoms with Gasteiger partial charge in [0.2, 0.25) is 5.91 Å². The molecule has 9 heteroatoms. The number of nitrogens with one attached hydrogen (secondary N) is 2. The first-order valence-corrected chi connectivity index (χ1v) is 10.3. The molecule has 1 amide bonds. The third-order valence-electron chi connectivity index (χ3n) is 5.62. The molecule has 0 radical (unpaired) electrons. The number of guanidine groups is 1. The van der Waals surface area contributed by atoms with E-state index in [2.05, 4.69) is 15.6 Å². The molecule has 3 unspecified atom stereocenters. The second-order valence-electron chi connectivity index (χ2n) is 8.07. The van der Waals surface area contributed by atoms with Crippen molar-refractivity contribution < 1.29 is 22.7 Å². The molecule has 0 bridgehead atoms. The molecule has 2 aliphatic rings. The Balaban J connectivity index is 1.74. The number of ether oxygens (including phenoxy) is 1. The molecule has 2 N–H and O–H groups in total. The normalized spacial score (nSPS) is 24.4. The summed E-state index contributed by atoms with van der Waals surface area (Å²) in [4.78, 5) is 17.8. The van der Waals surface area contributed by atoms with Gasteiger partial charge in [-0.05, 0) is 25.3 Å². The van der Waals surface area contributed by atoms with E-state index in [9.17, 15) is 18.0 Å². The van der Waals surface area contributed by atoms with E-state index in [-0.39, 0.29) is 37.4 Å². The lowest BCUT2D eigenvalue weighted by atomic mass is 9.85. The van der Waals surface area contributed by atoms with E-state index >= 15 is 0 Å². The summed E-state index contributed by atoms with van der Waals surface area (Å²) >= 11 is 0. The van der Waals surface area contributed by atoms with Gasteiger partial charge in [-0.1, -0.05) is 24.6 Å². The molecule has 166 valence electrons. The summed E-state index contributed by atoms with van der Waals surface area (Å²) in [5.41, 5.74) is 0.967. The van der Waals surface area contributed by atoms with Crippen LogP contribution in [0, 0.1) is 5.92 Å². The van der Waals surface area contributed by atoms with Gasteiger partial charge in [0.05, 0.1) is 18.6 Å². The van der Waals surface area contributed by atoms with Crippen LogP contribution in [0.4, 0.5) is 13.2 Å². The Morgan fingerprint density at radius 3 is 2.70 bits per heavy atom. The number of carbonyl (C=O) groups is 1. The fourth-order valence-electron chi connectivity index (χ4n) is 3.89. The Morgan fingerprint density at radius 1 is 1.20 bits per heavy atom. The molecule has 0 aromatic heterocycles. The lowest BCUT2D eigenvalue weighted by molar-refractivity contribution is -0.183. The van der Waals surface area contributed by atoms with Gasteiger partial charge in [0.15, 0.2) is 5.96 Å². The zero-order valence-corrected chi connectivity index (χ0v) is 17.3. The summed E-state index contributed by atoms with van der Waals surface area (Å²) in [6, 6.07) is 7.20. The first-order valence-electron chi connectivity index (χ1n) is 10.3. The molecule has 0 spiro atoms. The highest BCUT2D eigenvalue weighted by atomic mass is 19.4. The number of amides is 1. The van der Waals surface area contributed by atoms with Crippen molar-refractivity contribution in [3.8, 4) is 5.75 Å². The van der Waals surface area contributed by atoms with Crippen LogP contribution in [0.1, 0.15) is 43.7 Å². The molecule has 1 aromatic rings. The summed E-state index contributed by atoms with van der Waals surface area (Å²) in [6.45, 7) is 0.445. The number of para-hydroxylation sites is 1. The zero-order chi connectivity index (χ0) is 21.7. The molecule has 30 heavy (non-hydrogen) atoms. The minimum absolute atomic E-state index is 0.0101. The van der Waals surface area contributed by atoms with Crippen molar-refractivity contribution >= 4 is 11.9 Å². The Morgan fingerprint density at radius 2 is 1.97 bits per heavy atom. The summed E-state index contributed by atoms with van der Waals surface area (Å²) in [5.74, 6) is -0.350. The molecular weight excluding hydrogens is 397 g/mol. The van der Waals surface area contributed by atoms with E-state index in [0.717, 1.165) is 11.3 Å². The lowest BCUT2D eigenvalue weighted by Gasteiger charge is -2.33. The van der Waals surface area contributed by atoms with Crippen LogP contribution in [0.15, 0.2) is 29.3 Å². The van der Waals surface area contributed by atoms with Gasteiger partial charge in [-0.3, -0.25) is 4.79 Å². The van der Waals surface area contributed by atoms with E-state index < -0.39 is 12.1 Å². The maximum absolute atomic E-state index is 13.2. The third kappa shape index (κ3) is 5.79. The lowest BCUT2D eigenvalue weighted by Crippen LogP contribution is -2.48. The van der Waals surface area contributed by atoms with Crippen LogP contribution in [0.2, 0.25) is 0 Å². The Hall–Kier alpha value is -2.45. The van der Waals surface area contributed by atoms with Crippen molar-refractivity contribution in [1.29, 1.82) is 0 Å². The number of aliphatic imine (C=N–C) groups is 1. The third-order valence-corrected chi connectivity index (χ3v) is 5.62. The Kier molecular flexibility index (Phi) is 7.10. The zero-order valence-electron chi connectivity index (χ0n) is 17.3. The second kappa shape index (κ2) is 9.57. The summed E-state index contributed by atoms with van der Waals surface area (Å²) in [5, 5.41) is 6.47. The first kappa shape index (κ1) is 22.2. The smallest absolute Gasteiger partial charge is 0.391 e. The number of hydrogen-bond donors (Lipinski definition) is 2. The van der Waals surface area contributed by atoms with E-state index in [0.29, 0.717) is 31.8 Å². The van der Waals surface area contributed by atoms with Crippen LogP contribution >= 0.6 is 0 Å². The van der Waals surface area contributed by atoms with Crippen molar-refractivity contribution in [3.63, 3.8) is 0 Å². The highest BCUT2D eigenvalue weighted by Crippen LogP contribution is 2.37. The number of rotatable bonds is 4. The number of fused-ring (bicyclic) bond motifs is 1. The summed E-state index contributed by atoms with van der Waals surface area (Å²) in [6.07, 6.45) is -2.18. The van der Waals surface area contributed by atoms with Crippen LogP contribution in [0.3, 0.4) is 0 Å². The number of benzene rings is 1. The van der Waals surface area contributed by atoms with Gasteiger partial charge in [0.1, 0.15) is 12.3 Å². The topological polar surface area (TPSA) is 66.0 Å². The van der Waals surface area contributed by atoms with Crippen LogP contribution in [-0.4, -0.2) is 56.2 Å². The molecule has 0 saturated heterocycles. The predicted octanol–water partition coefficient (Wildman–Crippen LogP) is 3.25. The van der Waals surface area contributed by atoms with Crippen molar-refractivity contribution in [3.05, 3.63) is 29.8 Å². The van der Waals surface area contributed by atoms with Gasteiger partial charge >= 0.3 is 6.18 Å². The highest BCUT2D eigenvalue weighted by molar-refractivity contribution is 5.85. The minimum atomic E-state index is -4.19. The van der Waals surface area contributed by atoms with Crippen LogP contribution in [0.25, 0.3) is 0 Å². The molecule has 3 rings (SSSR count). The summed E-state index contributed by atoms with van der Waals surface area (Å²) in [7, 11) is 3.28. The molecule has 1 aliphatic carbocycles. The molecule has 1 fully saturated rings. The van der Waals surface area contributed by atoms with Crippen molar-refractivity contribution in [2.45, 2.75) is 50.4 Å². The molecule has 1 aromatic carbocycles. The fraction of sp³-hybridized carbons (Fsp3) is 0.619. The van der Waals surface area contributed by atoms with Crippen LogP contribution in [0.5, 0.6) is 5.75 Å². The van der Waals surface area contributed by atoms with E-state index in [1.165, 1.54) is 4.90 Å². The van der Waals surface area contributed by atoms with E-state index in [4.69, 9.17) is 4.74 Å². The number of halogens is 3. The molecular formula is C21H29F3N4O2. The van der Waals surface area contributed by atoms with Crippen molar-refractivity contribution in [2.75, 3.05) is 27.2 Å². The number of hydrogen-bond acceptors (Lipinski definition) is 3. The number of nitrogens with zero attached hydrogens (tertiary/aromatic N) is 2. The SMILES string of the molecule is CN(C)C(=O)CN=C(NC1CCCC(C(F)(F)F)C1)NC1CCOc2ccccc21. The Bertz CT molecular complexity index is 767. The average Bonchev–Trinajstić information content (AvgIpc) is 2.71. The second-order valence-corrected chi connectivity index (χ2v) is 8.07. The largest absolute Gasteiger partial charge is 0.493 e. The van der Waals surface area contributed by atoms with Gasteiger partial charge in [0.25, 0.3) is 0 Å². The van der Waals surface area contributed by atoms with Crippen molar-refractivity contribution in [2.24, 2.45) is 10.9 Å². The number of likely N-dealkylation sites (N-methyl/N-ethyl adjacent to an activating group) is 1. The van der Waals surface area contributed by atoms with Gasteiger partial charge in [-0.2, -0.15) is 13.2 Å². The number of alkyl halides is 3.